The normalized spacial score (nSPS) is 15.8. The lowest BCUT2D eigenvalue weighted by atomic mass is 9.72. The standard InChI is InChI=1S/C36H40N2O2/c1-22(2)34(40)38(33-26-16-12-13-17-29(26)37-31(33)23-14-10-9-11-15-23)32-25-19-18-24(35(3,4)5)20-27(25)30(39)21-28(32)36(6,7)8/h9-22,32,37H,1-8H3/t32-/m0/s1. The lowest BCUT2D eigenvalue weighted by molar-refractivity contribution is -0.121. The number of benzene rings is 3. The molecule has 1 heterocycles. The van der Waals surface area contributed by atoms with Gasteiger partial charge in [-0.05, 0) is 45.7 Å². The van der Waals surface area contributed by atoms with E-state index < -0.39 is 6.04 Å². The highest BCUT2D eigenvalue weighted by atomic mass is 16.2. The number of carbonyl (C=O) groups is 2. The van der Waals surface area contributed by atoms with Crippen molar-refractivity contribution in [1.29, 1.82) is 0 Å². The topological polar surface area (TPSA) is 53.2 Å². The summed E-state index contributed by atoms with van der Waals surface area (Å²) in [6, 6.07) is 24.1. The number of hydrogen-bond acceptors (Lipinski definition) is 2. The van der Waals surface area contributed by atoms with E-state index in [-0.39, 0.29) is 28.4 Å². The summed E-state index contributed by atoms with van der Waals surface area (Å²) in [6.07, 6.45) is 1.79. The van der Waals surface area contributed by atoms with E-state index in [2.05, 4.69) is 82.9 Å². The Morgan fingerprint density at radius 2 is 1.50 bits per heavy atom. The summed E-state index contributed by atoms with van der Waals surface area (Å²) in [5.41, 5.74) is 6.85. The van der Waals surface area contributed by atoms with E-state index in [0.717, 1.165) is 44.5 Å². The first-order valence-corrected chi connectivity index (χ1v) is 14.2. The third-order valence-electron chi connectivity index (χ3n) is 7.90. The zero-order valence-corrected chi connectivity index (χ0v) is 24.9. The summed E-state index contributed by atoms with van der Waals surface area (Å²) in [7, 11) is 0. The molecule has 5 rings (SSSR count). The van der Waals surface area contributed by atoms with E-state index in [0.29, 0.717) is 5.56 Å². The molecule has 0 aliphatic heterocycles. The van der Waals surface area contributed by atoms with Crippen LogP contribution in [0.4, 0.5) is 5.69 Å². The molecule has 0 spiro atoms. The molecule has 4 nitrogen and oxygen atoms in total. The maximum Gasteiger partial charge on any atom is 0.230 e. The molecule has 0 unspecified atom stereocenters. The summed E-state index contributed by atoms with van der Waals surface area (Å²) in [4.78, 5) is 33.8. The number of hydrogen-bond donors (Lipinski definition) is 1. The van der Waals surface area contributed by atoms with Crippen molar-refractivity contribution < 1.29 is 9.59 Å². The first-order chi connectivity index (χ1) is 18.8. The smallest absolute Gasteiger partial charge is 0.230 e. The third kappa shape index (κ3) is 4.81. The summed E-state index contributed by atoms with van der Waals surface area (Å²) in [5.74, 6) is -0.239. The molecule has 0 radical (unpaired) electrons. The zero-order valence-electron chi connectivity index (χ0n) is 24.9. The largest absolute Gasteiger partial charge is 0.353 e. The Morgan fingerprint density at radius 3 is 2.12 bits per heavy atom. The number of carbonyl (C=O) groups excluding carboxylic acids is 2. The summed E-state index contributed by atoms with van der Waals surface area (Å²) in [6.45, 7) is 16.7. The highest BCUT2D eigenvalue weighted by Crippen LogP contribution is 2.50. The van der Waals surface area contributed by atoms with Gasteiger partial charge < -0.3 is 4.98 Å². The number of nitrogens with zero attached hydrogens (tertiary/aromatic N) is 1. The molecule has 4 aromatic rings. The van der Waals surface area contributed by atoms with Crippen LogP contribution in [0.2, 0.25) is 0 Å². The number of para-hydroxylation sites is 1. The fourth-order valence-corrected chi connectivity index (χ4v) is 5.68. The van der Waals surface area contributed by atoms with Crippen molar-refractivity contribution in [3.63, 3.8) is 0 Å². The van der Waals surface area contributed by atoms with Crippen LogP contribution in [0.3, 0.4) is 0 Å². The van der Waals surface area contributed by atoms with E-state index in [1.165, 1.54) is 0 Å². The molecule has 40 heavy (non-hydrogen) atoms. The summed E-state index contributed by atoms with van der Waals surface area (Å²) < 4.78 is 0. The fraction of sp³-hybridized carbons (Fsp3) is 0.333. The van der Waals surface area contributed by atoms with Gasteiger partial charge in [-0.25, -0.2) is 0 Å². The maximum atomic E-state index is 14.5. The van der Waals surface area contributed by atoms with E-state index >= 15 is 0 Å². The number of H-pyrrole nitrogens is 1. The lowest BCUT2D eigenvalue weighted by Gasteiger charge is -2.42. The van der Waals surface area contributed by atoms with Crippen molar-refractivity contribution in [1.82, 2.24) is 4.98 Å². The SMILES string of the molecule is CC(C)C(=O)N(c1c(-c2ccccc2)[nH]c2ccccc12)[C@@H]1C(C(C)(C)C)=CC(=O)c2cc(C(C)(C)C)ccc21. The summed E-state index contributed by atoms with van der Waals surface area (Å²) >= 11 is 0. The van der Waals surface area contributed by atoms with Crippen LogP contribution in [-0.4, -0.2) is 16.7 Å². The second-order valence-electron chi connectivity index (χ2n) is 13.3. The number of rotatable bonds is 4. The van der Waals surface area contributed by atoms with E-state index in [1.807, 2.05) is 55.1 Å². The number of ketones is 1. The van der Waals surface area contributed by atoms with Crippen LogP contribution in [-0.2, 0) is 10.2 Å². The molecule has 1 N–H and O–H groups in total. The van der Waals surface area contributed by atoms with Crippen molar-refractivity contribution in [3.8, 4) is 11.3 Å². The van der Waals surface area contributed by atoms with Crippen LogP contribution < -0.4 is 4.90 Å². The minimum Gasteiger partial charge on any atom is -0.353 e. The Balaban J connectivity index is 1.87. The van der Waals surface area contributed by atoms with Gasteiger partial charge in [0.1, 0.15) is 0 Å². The first kappa shape index (κ1) is 27.6. The average Bonchev–Trinajstić information content (AvgIpc) is 3.28. The Morgan fingerprint density at radius 1 is 0.850 bits per heavy atom. The molecule has 1 aliphatic carbocycles. The number of aromatic nitrogens is 1. The second-order valence-corrected chi connectivity index (χ2v) is 13.3. The molecule has 1 aliphatic rings. The molecule has 1 amide bonds. The highest BCUT2D eigenvalue weighted by Gasteiger charge is 2.42. The minimum absolute atomic E-state index is 0.00132. The predicted molar refractivity (Wildman–Crippen MR) is 166 cm³/mol. The van der Waals surface area contributed by atoms with E-state index in [4.69, 9.17) is 0 Å². The number of anilines is 1. The number of allylic oxidation sites excluding steroid dienone is 1. The fourth-order valence-electron chi connectivity index (χ4n) is 5.68. The number of fused-ring (bicyclic) bond motifs is 2. The van der Waals surface area contributed by atoms with Crippen LogP contribution in [0, 0.1) is 11.3 Å². The van der Waals surface area contributed by atoms with Crippen molar-refractivity contribution in [3.05, 3.63) is 101 Å². The van der Waals surface area contributed by atoms with Crippen LogP contribution in [0.1, 0.15) is 82.9 Å². The average molecular weight is 533 g/mol. The number of aromatic amines is 1. The molecule has 206 valence electrons. The van der Waals surface area contributed by atoms with E-state index in [9.17, 15) is 9.59 Å². The van der Waals surface area contributed by atoms with E-state index in [1.54, 1.807) is 6.08 Å². The predicted octanol–water partition coefficient (Wildman–Crippen LogP) is 9.03. The van der Waals surface area contributed by atoms with Gasteiger partial charge in [-0.2, -0.15) is 0 Å². The molecule has 1 atom stereocenters. The number of nitrogens with one attached hydrogen (secondary N) is 1. The van der Waals surface area contributed by atoms with Crippen LogP contribution in [0.15, 0.2) is 84.4 Å². The van der Waals surface area contributed by atoms with Crippen molar-refractivity contribution in [2.45, 2.75) is 66.8 Å². The molecule has 0 fully saturated rings. The van der Waals surface area contributed by atoms with Gasteiger partial charge in [0.2, 0.25) is 5.91 Å². The monoisotopic (exact) mass is 532 g/mol. The quantitative estimate of drug-likeness (QED) is 0.285. The summed E-state index contributed by atoms with van der Waals surface area (Å²) in [5, 5.41) is 0.980. The maximum absolute atomic E-state index is 14.5. The Labute approximate surface area is 238 Å². The molecule has 1 aromatic heterocycles. The molecule has 0 saturated heterocycles. The number of amides is 1. The van der Waals surface area contributed by atoms with Gasteiger partial charge in [0, 0.05) is 27.9 Å². The molecule has 0 saturated carbocycles. The molecular weight excluding hydrogens is 492 g/mol. The van der Waals surface area contributed by atoms with Crippen molar-refractivity contribution in [2.75, 3.05) is 4.90 Å². The molecule has 3 aromatic carbocycles. The third-order valence-corrected chi connectivity index (χ3v) is 7.90. The highest BCUT2D eigenvalue weighted by molar-refractivity contribution is 6.13. The van der Waals surface area contributed by atoms with Crippen LogP contribution in [0.5, 0.6) is 0 Å². The van der Waals surface area contributed by atoms with Crippen molar-refractivity contribution >= 4 is 28.3 Å². The van der Waals surface area contributed by atoms with Crippen molar-refractivity contribution in [2.24, 2.45) is 11.3 Å². The van der Waals surface area contributed by atoms with Gasteiger partial charge in [0.15, 0.2) is 5.78 Å². The van der Waals surface area contributed by atoms with Crippen LogP contribution in [0.25, 0.3) is 22.2 Å². The Kier molecular flexibility index (Phi) is 6.86. The molecular formula is C36H40N2O2. The van der Waals surface area contributed by atoms with Gasteiger partial charge in [-0.15, -0.1) is 0 Å². The minimum atomic E-state index is -0.432. The van der Waals surface area contributed by atoms with Gasteiger partial charge in [0.05, 0.1) is 17.4 Å². The van der Waals surface area contributed by atoms with Gasteiger partial charge in [-0.3, -0.25) is 14.5 Å². The molecule has 4 heteroatoms. The zero-order chi connectivity index (χ0) is 29.0. The Bertz CT molecular complexity index is 1630. The van der Waals surface area contributed by atoms with Crippen LogP contribution >= 0.6 is 0 Å². The Hall–Kier alpha value is -3.92. The first-order valence-electron chi connectivity index (χ1n) is 14.2. The van der Waals surface area contributed by atoms with Gasteiger partial charge >= 0.3 is 0 Å². The van der Waals surface area contributed by atoms with Gasteiger partial charge in [0.25, 0.3) is 0 Å². The van der Waals surface area contributed by atoms with Gasteiger partial charge in [-0.1, -0.05) is 116 Å². The lowest BCUT2D eigenvalue weighted by Crippen LogP contribution is -2.43. The second kappa shape index (κ2) is 9.92. The molecule has 0 bridgehead atoms.